The summed E-state index contributed by atoms with van der Waals surface area (Å²) in [4.78, 5) is 12.3. The Morgan fingerprint density at radius 1 is 1.12 bits per heavy atom. The molecule has 26 heavy (non-hydrogen) atoms. The van der Waals surface area contributed by atoms with Gasteiger partial charge in [-0.3, -0.25) is 4.79 Å². The van der Waals surface area contributed by atoms with Gasteiger partial charge in [0, 0.05) is 11.6 Å². The van der Waals surface area contributed by atoms with Gasteiger partial charge < -0.3 is 14.8 Å². The molecule has 0 radical (unpaired) electrons. The van der Waals surface area contributed by atoms with Crippen molar-refractivity contribution in [3.05, 3.63) is 64.2 Å². The Labute approximate surface area is 153 Å². The smallest absolute Gasteiger partial charge is 0.411 e. The molecule has 4 nitrogen and oxygen atoms in total. The van der Waals surface area contributed by atoms with Crippen LogP contribution in [0.15, 0.2) is 42.5 Å². The van der Waals surface area contributed by atoms with E-state index in [1.54, 1.807) is 36.4 Å². The standard InChI is InChI=1S/C18H17ClF3NO3/c1-25-16-7-6-14(19)8-15(16)17(24)23-9-12-2-4-13(5-3-12)10-26-11-18(20,21)22/h2-8H,9-11H2,1H3,(H,23,24). The van der Waals surface area contributed by atoms with Crippen molar-refractivity contribution >= 4 is 17.5 Å². The van der Waals surface area contributed by atoms with Crippen LogP contribution in [0.25, 0.3) is 0 Å². The fraction of sp³-hybridized carbons (Fsp3) is 0.278. The zero-order valence-corrected chi connectivity index (χ0v) is 14.7. The minimum atomic E-state index is -4.34. The van der Waals surface area contributed by atoms with E-state index in [9.17, 15) is 18.0 Å². The van der Waals surface area contributed by atoms with E-state index in [-0.39, 0.29) is 19.1 Å². The first-order valence-electron chi connectivity index (χ1n) is 7.62. The highest BCUT2D eigenvalue weighted by Gasteiger charge is 2.27. The summed E-state index contributed by atoms with van der Waals surface area (Å²) in [7, 11) is 1.46. The van der Waals surface area contributed by atoms with Gasteiger partial charge >= 0.3 is 6.18 Å². The third-order valence-electron chi connectivity index (χ3n) is 3.42. The van der Waals surface area contributed by atoms with Crippen molar-refractivity contribution in [2.75, 3.05) is 13.7 Å². The number of carbonyl (C=O) groups is 1. The molecule has 0 fully saturated rings. The van der Waals surface area contributed by atoms with Gasteiger partial charge in [0.1, 0.15) is 12.4 Å². The number of benzene rings is 2. The number of halogens is 4. The van der Waals surface area contributed by atoms with Crippen LogP contribution in [0.2, 0.25) is 5.02 Å². The summed E-state index contributed by atoms with van der Waals surface area (Å²) in [5, 5.41) is 3.16. The Bertz CT molecular complexity index is 748. The summed E-state index contributed by atoms with van der Waals surface area (Å²) in [6.07, 6.45) is -4.34. The van der Waals surface area contributed by atoms with E-state index >= 15 is 0 Å². The van der Waals surface area contributed by atoms with Crippen LogP contribution in [-0.2, 0) is 17.9 Å². The molecule has 8 heteroatoms. The molecule has 1 amide bonds. The summed E-state index contributed by atoms with van der Waals surface area (Å²) in [6.45, 7) is -1.17. The van der Waals surface area contributed by atoms with E-state index in [0.29, 0.717) is 21.9 Å². The topological polar surface area (TPSA) is 47.6 Å². The minimum Gasteiger partial charge on any atom is -0.496 e. The van der Waals surface area contributed by atoms with Crippen molar-refractivity contribution in [1.82, 2.24) is 5.32 Å². The summed E-state index contributed by atoms with van der Waals surface area (Å²) in [5.41, 5.74) is 1.72. The summed E-state index contributed by atoms with van der Waals surface area (Å²) in [6, 6.07) is 11.5. The van der Waals surface area contributed by atoms with Gasteiger partial charge in [0.05, 0.1) is 19.3 Å². The maximum Gasteiger partial charge on any atom is 0.411 e. The number of rotatable bonds is 7. The molecule has 0 unspecified atom stereocenters. The van der Waals surface area contributed by atoms with Gasteiger partial charge in [-0.2, -0.15) is 13.2 Å². The fourth-order valence-corrected chi connectivity index (χ4v) is 2.35. The quantitative estimate of drug-likeness (QED) is 0.768. The first kappa shape index (κ1) is 20.1. The van der Waals surface area contributed by atoms with Gasteiger partial charge in [-0.25, -0.2) is 0 Å². The average molecular weight is 388 g/mol. The molecule has 0 spiro atoms. The molecule has 1 N–H and O–H groups in total. The van der Waals surface area contributed by atoms with Crippen LogP contribution in [0.3, 0.4) is 0 Å². The van der Waals surface area contributed by atoms with Crippen LogP contribution in [0.1, 0.15) is 21.5 Å². The molecule has 140 valence electrons. The molecule has 0 saturated heterocycles. The largest absolute Gasteiger partial charge is 0.496 e. The molecular weight excluding hydrogens is 371 g/mol. The molecule has 0 aliphatic heterocycles. The van der Waals surface area contributed by atoms with Crippen molar-refractivity contribution in [3.8, 4) is 5.75 Å². The molecule has 2 aromatic rings. The van der Waals surface area contributed by atoms with E-state index in [0.717, 1.165) is 5.56 Å². The van der Waals surface area contributed by atoms with Crippen LogP contribution in [0.4, 0.5) is 13.2 Å². The lowest BCUT2D eigenvalue weighted by Crippen LogP contribution is -2.23. The second-order valence-corrected chi connectivity index (χ2v) is 5.89. The number of carbonyl (C=O) groups excluding carboxylic acids is 1. The van der Waals surface area contributed by atoms with Crippen molar-refractivity contribution < 1.29 is 27.4 Å². The van der Waals surface area contributed by atoms with E-state index in [2.05, 4.69) is 10.1 Å². The Balaban J connectivity index is 1.90. The predicted molar refractivity (Wildman–Crippen MR) is 91.3 cm³/mol. The van der Waals surface area contributed by atoms with Gasteiger partial charge in [-0.1, -0.05) is 35.9 Å². The minimum absolute atomic E-state index is 0.133. The molecule has 2 rings (SSSR count). The fourth-order valence-electron chi connectivity index (χ4n) is 2.17. The van der Waals surface area contributed by atoms with Gasteiger partial charge in [-0.15, -0.1) is 0 Å². The summed E-state index contributed by atoms with van der Waals surface area (Å²) >= 11 is 5.90. The predicted octanol–water partition coefficient (Wildman–Crippen LogP) is 4.36. The lowest BCUT2D eigenvalue weighted by molar-refractivity contribution is -0.176. The zero-order chi connectivity index (χ0) is 19.2. The normalized spacial score (nSPS) is 11.3. The monoisotopic (exact) mass is 387 g/mol. The molecule has 0 aliphatic carbocycles. The molecule has 0 aromatic heterocycles. The van der Waals surface area contributed by atoms with E-state index < -0.39 is 12.8 Å². The number of methoxy groups -OCH3 is 1. The summed E-state index contributed by atoms with van der Waals surface area (Å²) < 4.78 is 45.8. The third-order valence-corrected chi connectivity index (χ3v) is 3.65. The molecule has 2 aromatic carbocycles. The van der Waals surface area contributed by atoms with E-state index in [1.807, 2.05) is 0 Å². The number of hydrogen-bond donors (Lipinski definition) is 1. The highest BCUT2D eigenvalue weighted by Crippen LogP contribution is 2.22. The van der Waals surface area contributed by atoms with Gasteiger partial charge in [-0.05, 0) is 29.3 Å². The third kappa shape index (κ3) is 6.24. The number of amides is 1. The zero-order valence-electron chi connectivity index (χ0n) is 13.9. The van der Waals surface area contributed by atoms with Crippen LogP contribution in [0.5, 0.6) is 5.75 Å². The number of nitrogens with one attached hydrogen (secondary N) is 1. The lowest BCUT2D eigenvalue weighted by Gasteiger charge is -2.11. The highest BCUT2D eigenvalue weighted by molar-refractivity contribution is 6.31. The Morgan fingerprint density at radius 3 is 2.38 bits per heavy atom. The van der Waals surface area contributed by atoms with E-state index in [1.165, 1.54) is 13.2 Å². The molecule has 0 heterocycles. The molecule has 0 atom stereocenters. The number of hydrogen-bond acceptors (Lipinski definition) is 3. The first-order chi connectivity index (χ1) is 12.3. The Hall–Kier alpha value is -2.25. The first-order valence-corrected chi connectivity index (χ1v) is 8.00. The van der Waals surface area contributed by atoms with Crippen molar-refractivity contribution in [2.24, 2.45) is 0 Å². The molecule has 0 bridgehead atoms. The van der Waals surface area contributed by atoms with Gasteiger partial charge in [0.15, 0.2) is 0 Å². The maximum absolute atomic E-state index is 12.3. The maximum atomic E-state index is 12.3. The second kappa shape index (κ2) is 8.91. The molecular formula is C18H17ClF3NO3. The van der Waals surface area contributed by atoms with Crippen molar-refractivity contribution in [3.63, 3.8) is 0 Å². The van der Waals surface area contributed by atoms with Gasteiger partial charge in [0.2, 0.25) is 0 Å². The number of ether oxygens (including phenoxy) is 2. The molecule has 0 aliphatic rings. The van der Waals surface area contributed by atoms with Crippen LogP contribution < -0.4 is 10.1 Å². The van der Waals surface area contributed by atoms with Crippen molar-refractivity contribution in [2.45, 2.75) is 19.3 Å². The number of alkyl halides is 3. The van der Waals surface area contributed by atoms with Crippen LogP contribution in [0, 0.1) is 0 Å². The van der Waals surface area contributed by atoms with E-state index in [4.69, 9.17) is 16.3 Å². The SMILES string of the molecule is COc1ccc(Cl)cc1C(=O)NCc1ccc(COCC(F)(F)F)cc1. The van der Waals surface area contributed by atoms with Crippen LogP contribution >= 0.6 is 11.6 Å². The Kier molecular flexibility index (Phi) is 6.88. The van der Waals surface area contributed by atoms with Crippen LogP contribution in [-0.4, -0.2) is 25.8 Å². The molecule has 0 saturated carbocycles. The second-order valence-electron chi connectivity index (χ2n) is 5.45. The Morgan fingerprint density at radius 2 is 1.77 bits per heavy atom. The average Bonchev–Trinajstić information content (AvgIpc) is 2.59. The van der Waals surface area contributed by atoms with Crippen molar-refractivity contribution in [1.29, 1.82) is 0 Å². The highest BCUT2D eigenvalue weighted by atomic mass is 35.5. The summed E-state index contributed by atoms with van der Waals surface area (Å²) in [5.74, 6) is 0.0611. The lowest BCUT2D eigenvalue weighted by atomic mass is 10.1. The van der Waals surface area contributed by atoms with Gasteiger partial charge in [0.25, 0.3) is 5.91 Å².